The number of nitrogens with two attached hydrogens (primary N) is 1. The summed E-state index contributed by atoms with van der Waals surface area (Å²) in [6, 6.07) is 4.84. The molecule has 0 amide bonds. The fraction of sp³-hybridized carbons (Fsp3) is 0.538. The number of hydrogen-bond donors (Lipinski definition) is 4. The highest BCUT2D eigenvalue weighted by atomic mass is 32.2. The average molecular weight is 333 g/mol. The van der Waals surface area contributed by atoms with E-state index >= 15 is 0 Å². The maximum absolute atomic E-state index is 12.0. The summed E-state index contributed by atoms with van der Waals surface area (Å²) in [7, 11) is -4.03. The lowest BCUT2D eigenvalue weighted by Crippen LogP contribution is -2.62. The van der Waals surface area contributed by atoms with E-state index < -0.39 is 47.4 Å². The second-order valence-electron chi connectivity index (χ2n) is 5.18. The molecule has 8 nitrogen and oxygen atoms in total. The smallest absolute Gasteiger partial charge is 0.297 e. The van der Waals surface area contributed by atoms with E-state index in [1.807, 2.05) is 6.92 Å². The molecule has 5 N–H and O–H groups in total. The van der Waals surface area contributed by atoms with Crippen LogP contribution in [0.3, 0.4) is 0 Å². The highest BCUT2D eigenvalue weighted by molar-refractivity contribution is 7.86. The average Bonchev–Trinajstić information content (AvgIpc) is 2.48. The molecule has 1 saturated heterocycles. The first-order chi connectivity index (χ1) is 10.2. The van der Waals surface area contributed by atoms with Crippen LogP contribution in [0.5, 0.6) is 0 Å². The summed E-state index contributed by atoms with van der Waals surface area (Å²) in [4.78, 5) is -0.0406. The van der Waals surface area contributed by atoms with Crippen LogP contribution in [-0.2, 0) is 19.0 Å². The van der Waals surface area contributed by atoms with Gasteiger partial charge in [0, 0.05) is 0 Å². The molecule has 1 heterocycles. The zero-order chi connectivity index (χ0) is 16.5. The number of rotatable bonds is 4. The van der Waals surface area contributed by atoms with Gasteiger partial charge in [-0.15, -0.1) is 0 Å². The molecule has 1 aliphatic rings. The van der Waals surface area contributed by atoms with Crippen molar-refractivity contribution in [1.82, 2.24) is 0 Å². The van der Waals surface area contributed by atoms with Gasteiger partial charge in [0.05, 0.1) is 17.5 Å². The second kappa shape index (κ2) is 6.59. The third kappa shape index (κ3) is 3.63. The Kier molecular flexibility index (Phi) is 5.17. The van der Waals surface area contributed by atoms with Crippen molar-refractivity contribution in [2.24, 2.45) is 5.73 Å². The van der Waals surface area contributed by atoms with Crippen LogP contribution in [0.15, 0.2) is 29.2 Å². The molecule has 1 aromatic carbocycles. The van der Waals surface area contributed by atoms with Crippen LogP contribution in [0, 0.1) is 6.92 Å². The molecular weight excluding hydrogens is 314 g/mol. The SMILES string of the molecule is Cc1ccc(S(=O)(=O)OCC2O[C@@H](O)C(N)[C@@H](O)[C@H]2O)cc1. The van der Waals surface area contributed by atoms with Gasteiger partial charge in [0.25, 0.3) is 10.1 Å². The summed E-state index contributed by atoms with van der Waals surface area (Å²) in [6.45, 7) is 1.26. The van der Waals surface area contributed by atoms with Gasteiger partial charge >= 0.3 is 0 Å². The third-order valence-corrected chi connectivity index (χ3v) is 4.76. The Labute approximate surface area is 128 Å². The molecule has 5 atom stereocenters. The van der Waals surface area contributed by atoms with Crippen molar-refractivity contribution in [1.29, 1.82) is 0 Å². The summed E-state index contributed by atoms with van der Waals surface area (Å²) in [6.07, 6.45) is -5.65. The highest BCUT2D eigenvalue weighted by Crippen LogP contribution is 2.21. The number of benzene rings is 1. The Morgan fingerprint density at radius 1 is 1.18 bits per heavy atom. The molecule has 0 aromatic heterocycles. The fourth-order valence-corrected chi connectivity index (χ4v) is 2.95. The van der Waals surface area contributed by atoms with Crippen LogP contribution in [0.1, 0.15) is 5.56 Å². The molecule has 0 aliphatic carbocycles. The van der Waals surface area contributed by atoms with Gasteiger partial charge in [-0.2, -0.15) is 8.42 Å². The zero-order valence-electron chi connectivity index (χ0n) is 11.9. The summed E-state index contributed by atoms with van der Waals surface area (Å²) >= 11 is 0. The van der Waals surface area contributed by atoms with Gasteiger partial charge in [-0.1, -0.05) is 17.7 Å². The summed E-state index contributed by atoms with van der Waals surface area (Å²) in [5, 5.41) is 28.9. The van der Waals surface area contributed by atoms with Gasteiger partial charge in [0.1, 0.15) is 18.3 Å². The van der Waals surface area contributed by atoms with Gasteiger partial charge in [0.15, 0.2) is 6.29 Å². The normalized spacial score (nSPS) is 32.9. The molecular formula is C13H19NO7S. The quantitative estimate of drug-likeness (QED) is 0.487. The first kappa shape index (κ1) is 17.3. The highest BCUT2D eigenvalue weighted by Gasteiger charge is 2.42. The first-order valence-corrected chi connectivity index (χ1v) is 8.04. The summed E-state index contributed by atoms with van der Waals surface area (Å²) < 4.78 is 33.8. The van der Waals surface area contributed by atoms with Crippen molar-refractivity contribution in [3.8, 4) is 0 Å². The number of hydrogen-bond acceptors (Lipinski definition) is 8. The molecule has 0 radical (unpaired) electrons. The molecule has 0 saturated carbocycles. The minimum absolute atomic E-state index is 0.0406. The lowest BCUT2D eigenvalue weighted by Gasteiger charge is -2.38. The monoisotopic (exact) mass is 333 g/mol. The Balaban J connectivity index is 2.04. The Morgan fingerprint density at radius 3 is 2.36 bits per heavy atom. The Hall–Kier alpha value is -1.07. The number of aryl methyl sites for hydroxylation is 1. The molecule has 22 heavy (non-hydrogen) atoms. The van der Waals surface area contributed by atoms with E-state index in [1.165, 1.54) is 12.1 Å². The van der Waals surface area contributed by atoms with Gasteiger partial charge in [0.2, 0.25) is 0 Å². The summed E-state index contributed by atoms with van der Waals surface area (Å²) in [5.74, 6) is 0. The molecule has 124 valence electrons. The minimum Gasteiger partial charge on any atom is -0.388 e. The van der Waals surface area contributed by atoms with E-state index in [-0.39, 0.29) is 4.90 Å². The molecule has 2 rings (SSSR count). The maximum atomic E-state index is 12.0. The number of aliphatic hydroxyl groups is 3. The van der Waals surface area contributed by atoms with E-state index in [9.17, 15) is 23.7 Å². The van der Waals surface area contributed by atoms with E-state index in [0.717, 1.165) is 5.56 Å². The molecule has 2 unspecified atom stereocenters. The van der Waals surface area contributed by atoms with Gasteiger partial charge in [-0.25, -0.2) is 0 Å². The first-order valence-electron chi connectivity index (χ1n) is 6.64. The minimum atomic E-state index is -4.03. The van der Waals surface area contributed by atoms with Crippen LogP contribution in [0.25, 0.3) is 0 Å². The lowest BCUT2D eigenvalue weighted by molar-refractivity contribution is -0.246. The Morgan fingerprint density at radius 2 is 1.77 bits per heavy atom. The molecule has 0 spiro atoms. The van der Waals surface area contributed by atoms with Crippen molar-refractivity contribution >= 4 is 10.1 Å². The molecule has 0 bridgehead atoms. The standard InChI is InChI=1S/C13H19NO7S/c1-7-2-4-8(5-3-7)22(18,19)20-6-9-11(15)12(16)10(14)13(17)21-9/h2-5,9-13,15-17H,6,14H2,1H3/t9?,10?,11-,12+,13+/m0/s1. The van der Waals surface area contributed by atoms with Crippen LogP contribution >= 0.6 is 0 Å². The van der Waals surface area contributed by atoms with E-state index in [0.29, 0.717) is 0 Å². The molecule has 1 aliphatic heterocycles. The fourth-order valence-electron chi connectivity index (χ4n) is 2.03. The van der Waals surface area contributed by atoms with Crippen LogP contribution in [-0.4, -0.2) is 61.0 Å². The van der Waals surface area contributed by atoms with Crippen molar-refractivity contribution in [2.75, 3.05) is 6.61 Å². The van der Waals surface area contributed by atoms with E-state index in [2.05, 4.69) is 0 Å². The third-order valence-electron chi connectivity index (χ3n) is 3.47. The van der Waals surface area contributed by atoms with Crippen molar-refractivity contribution in [2.45, 2.75) is 42.5 Å². The topological polar surface area (TPSA) is 139 Å². The second-order valence-corrected chi connectivity index (χ2v) is 6.79. The van der Waals surface area contributed by atoms with Crippen molar-refractivity contribution in [3.05, 3.63) is 29.8 Å². The largest absolute Gasteiger partial charge is 0.388 e. The zero-order valence-corrected chi connectivity index (χ0v) is 12.7. The number of aliphatic hydroxyl groups excluding tert-OH is 3. The van der Waals surface area contributed by atoms with Gasteiger partial charge < -0.3 is 25.8 Å². The predicted octanol–water partition coefficient (Wildman–Crippen LogP) is -1.53. The number of ether oxygens (including phenoxy) is 1. The van der Waals surface area contributed by atoms with Gasteiger partial charge in [-0.3, -0.25) is 4.18 Å². The molecule has 1 fully saturated rings. The Bertz CT molecular complexity index is 603. The van der Waals surface area contributed by atoms with Gasteiger partial charge in [-0.05, 0) is 19.1 Å². The molecule has 1 aromatic rings. The van der Waals surface area contributed by atoms with E-state index in [4.69, 9.17) is 14.7 Å². The van der Waals surface area contributed by atoms with Crippen LogP contribution < -0.4 is 5.73 Å². The van der Waals surface area contributed by atoms with Crippen LogP contribution in [0.4, 0.5) is 0 Å². The maximum Gasteiger partial charge on any atom is 0.297 e. The van der Waals surface area contributed by atoms with E-state index in [1.54, 1.807) is 12.1 Å². The van der Waals surface area contributed by atoms with Crippen LogP contribution in [0.2, 0.25) is 0 Å². The predicted molar refractivity (Wildman–Crippen MR) is 75.2 cm³/mol. The molecule has 9 heteroatoms. The summed E-state index contributed by atoms with van der Waals surface area (Å²) in [5.41, 5.74) is 6.31. The lowest BCUT2D eigenvalue weighted by atomic mass is 9.98. The van der Waals surface area contributed by atoms with Crippen molar-refractivity contribution in [3.63, 3.8) is 0 Å². The van der Waals surface area contributed by atoms with Crippen molar-refractivity contribution < 1.29 is 32.7 Å².